The van der Waals surface area contributed by atoms with Crippen LogP contribution >= 0.6 is 0 Å². The van der Waals surface area contributed by atoms with Gasteiger partial charge in [-0.3, -0.25) is 4.79 Å². The van der Waals surface area contributed by atoms with E-state index in [9.17, 15) is 14.4 Å². The highest BCUT2D eigenvalue weighted by atomic mass is 16.5. The van der Waals surface area contributed by atoms with E-state index in [1.807, 2.05) is 0 Å². The smallest absolute Gasteiger partial charge is 0.339 e. The zero-order valence-corrected chi connectivity index (χ0v) is 15.8. The summed E-state index contributed by atoms with van der Waals surface area (Å²) in [5, 5.41) is 2.83. The number of nitrogens with one attached hydrogen (secondary N) is 1. The van der Waals surface area contributed by atoms with Crippen molar-refractivity contribution in [2.45, 2.75) is 52.0 Å². The Hall–Kier alpha value is -2.44. The maximum absolute atomic E-state index is 12.7. The molecular weight excluding hydrogens is 336 g/mol. The highest BCUT2D eigenvalue weighted by Crippen LogP contribution is 2.33. The number of carbonyl (C=O) groups excluding carboxylic acids is 3. The number of esters is 2. The lowest BCUT2D eigenvalue weighted by Crippen LogP contribution is -2.56. The van der Waals surface area contributed by atoms with Gasteiger partial charge >= 0.3 is 11.9 Å². The summed E-state index contributed by atoms with van der Waals surface area (Å²) in [6.07, 6.45) is 2.74. The largest absolute Gasteiger partial charge is 0.467 e. The molecule has 2 rings (SSSR count). The average Bonchev–Trinajstić information content (AvgIpc) is 2.63. The molecule has 1 heterocycles. The summed E-state index contributed by atoms with van der Waals surface area (Å²) >= 11 is 0. The number of hydrogen-bond acceptors (Lipinski definition) is 6. The maximum atomic E-state index is 12.7. The molecule has 0 aromatic carbocycles. The van der Waals surface area contributed by atoms with Crippen molar-refractivity contribution in [2.24, 2.45) is 5.92 Å². The van der Waals surface area contributed by atoms with E-state index in [0.717, 1.165) is 12.8 Å². The molecule has 1 aromatic heterocycles. The quantitative estimate of drug-likeness (QED) is 0.809. The molecular formula is C19H26N2O5. The Balaban J connectivity index is 2.20. The molecule has 1 aromatic rings. The first-order valence-corrected chi connectivity index (χ1v) is 8.88. The number of aromatic nitrogens is 1. The molecule has 1 N–H and O–H groups in total. The normalized spacial score (nSPS) is 22.4. The molecule has 0 aliphatic heterocycles. The molecule has 0 spiro atoms. The zero-order valence-electron chi connectivity index (χ0n) is 15.8. The molecule has 7 nitrogen and oxygen atoms in total. The van der Waals surface area contributed by atoms with Crippen LogP contribution in [-0.4, -0.2) is 42.1 Å². The summed E-state index contributed by atoms with van der Waals surface area (Å²) < 4.78 is 9.89. The Labute approximate surface area is 153 Å². The van der Waals surface area contributed by atoms with Gasteiger partial charge in [-0.15, -0.1) is 0 Å². The van der Waals surface area contributed by atoms with Gasteiger partial charge < -0.3 is 14.8 Å². The van der Waals surface area contributed by atoms with Crippen molar-refractivity contribution in [1.82, 2.24) is 10.3 Å². The summed E-state index contributed by atoms with van der Waals surface area (Å²) in [7, 11) is 1.32. The van der Waals surface area contributed by atoms with Crippen molar-refractivity contribution in [3.63, 3.8) is 0 Å². The topological polar surface area (TPSA) is 94.6 Å². The monoisotopic (exact) mass is 362 g/mol. The molecule has 0 saturated heterocycles. The van der Waals surface area contributed by atoms with Gasteiger partial charge in [-0.25, -0.2) is 14.6 Å². The molecule has 7 heteroatoms. The lowest BCUT2D eigenvalue weighted by atomic mass is 9.77. The Morgan fingerprint density at radius 1 is 1.27 bits per heavy atom. The Morgan fingerprint density at radius 3 is 2.46 bits per heavy atom. The lowest BCUT2D eigenvalue weighted by Gasteiger charge is -2.37. The van der Waals surface area contributed by atoms with E-state index in [0.29, 0.717) is 30.0 Å². The van der Waals surface area contributed by atoms with Crippen molar-refractivity contribution < 1.29 is 23.9 Å². The lowest BCUT2D eigenvalue weighted by molar-refractivity contribution is -0.150. The Kier molecular flexibility index (Phi) is 6.34. The summed E-state index contributed by atoms with van der Waals surface area (Å²) in [5.74, 6) is -0.855. The molecule has 0 radical (unpaired) electrons. The van der Waals surface area contributed by atoms with Crippen LogP contribution in [0, 0.1) is 12.8 Å². The van der Waals surface area contributed by atoms with Crippen molar-refractivity contribution >= 4 is 17.8 Å². The molecule has 1 amide bonds. The van der Waals surface area contributed by atoms with Gasteiger partial charge in [-0.1, -0.05) is 6.92 Å². The number of carbonyl (C=O) groups is 3. The van der Waals surface area contributed by atoms with E-state index in [1.165, 1.54) is 19.2 Å². The first kappa shape index (κ1) is 19.9. The molecule has 1 fully saturated rings. The first-order valence-electron chi connectivity index (χ1n) is 8.88. The van der Waals surface area contributed by atoms with Crippen LogP contribution in [0.2, 0.25) is 0 Å². The summed E-state index contributed by atoms with van der Waals surface area (Å²) in [4.78, 5) is 41.1. The Bertz CT molecular complexity index is 693. The number of pyridine rings is 1. The third-order valence-corrected chi connectivity index (χ3v) is 4.87. The van der Waals surface area contributed by atoms with Crippen molar-refractivity contribution in [3.05, 3.63) is 29.1 Å². The highest BCUT2D eigenvalue weighted by molar-refractivity contribution is 5.98. The molecule has 142 valence electrons. The molecule has 26 heavy (non-hydrogen) atoms. The van der Waals surface area contributed by atoms with Crippen LogP contribution in [-0.2, 0) is 14.3 Å². The molecule has 0 atom stereocenters. The number of amides is 1. The van der Waals surface area contributed by atoms with Crippen LogP contribution in [0.1, 0.15) is 66.1 Å². The van der Waals surface area contributed by atoms with Gasteiger partial charge in [0, 0.05) is 0 Å². The van der Waals surface area contributed by atoms with Crippen molar-refractivity contribution in [3.8, 4) is 0 Å². The minimum atomic E-state index is -1.02. The van der Waals surface area contributed by atoms with Gasteiger partial charge in [0.15, 0.2) is 0 Å². The molecule has 1 aliphatic carbocycles. The van der Waals surface area contributed by atoms with Gasteiger partial charge in [0.05, 0.1) is 25.0 Å². The standard InChI is InChI=1S/C19H26N2O5/c1-5-26-17(23)14-6-7-15(20-13(14)3)16(22)21-19(18(24)25-4)10-8-12(2)9-11-19/h6-7,12H,5,8-11H2,1-4H3,(H,21,22). The minimum absolute atomic E-state index is 0.150. The van der Waals surface area contributed by atoms with Crippen LogP contribution in [0.25, 0.3) is 0 Å². The number of ether oxygens (including phenoxy) is 2. The summed E-state index contributed by atoms with van der Waals surface area (Å²) in [6.45, 7) is 5.75. The predicted molar refractivity (Wildman–Crippen MR) is 94.8 cm³/mol. The van der Waals surface area contributed by atoms with Crippen LogP contribution in [0.3, 0.4) is 0 Å². The second kappa shape index (κ2) is 8.29. The first-order chi connectivity index (χ1) is 12.3. The predicted octanol–water partition coefficient (Wildman–Crippen LogP) is 2.42. The SMILES string of the molecule is CCOC(=O)c1ccc(C(=O)NC2(C(=O)OC)CCC(C)CC2)nc1C. The molecule has 0 bridgehead atoms. The van der Waals surface area contributed by atoms with E-state index in [1.54, 1.807) is 13.8 Å². The van der Waals surface area contributed by atoms with Crippen molar-refractivity contribution in [1.29, 1.82) is 0 Å². The second-order valence-corrected chi connectivity index (χ2v) is 6.76. The fourth-order valence-electron chi connectivity index (χ4n) is 3.22. The van der Waals surface area contributed by atoms with Gasteiger partial charge in [-0.05, 0) is 57.6 Å². The third-order valence-electron chi connectivity index (χ3n) is 4.87. The fraction of sp³-hybridized carbons (Fsp3) is 0.579. The van der Waals surface area contributed by atoms with E-state index >= 15 is 0 Å². The molecule has 0 unspecified atom stereocenters. The van der Waals surface area contributed by atoms with Crippen LogP contribution < -0.4 is 5.32 Å². The number of methoxy groups -OCH3 is 1. The summed E-state index contributed by atoms with van der Waals surface area (Å²) in [6, 6.07) is 2.98. The number of hydrogen-bond donors (Lipinski definition) is 1. The fourth-order valence-corrected chi connectivity index (χ4v) is 3.22. The van der Waals surface area contributed by atoms with Crippen molar-refractivity contribution in [2.75, 3.05) is 13.7 Å². The van der Waals surface area contributed by atoms with Gasteiger partial charge in [0.1, 0.15) is 11.2 Å². The maximum Gasteiger partial charge on any atom is 0.339 e. The summed E-state index contributed by atoms with van der Waals surface area (Å²) in [5.41, 5.74) is -0.149. The third kappa shape index (κ3) is 4.20. The number of nitrogens with zero attached hydrogens (tertiary/aromatic N) is 1. The van der Waals surface area contributed by atoms with Gasteiger partial charge in [0.25, 0.3) is 5.91 Å². The van der Waals surface area contributed by atoms with E-state index in [2.05, 4.69) is 17.2 Å². The number of aryl methyl sites for hydroxylation is 1. The Morgan fingerprint density at radius 2 is 1.92 bits per heavy atom. The van der Waals surface area contributed by atoms with Crippen LogP contribution in [0.5, 0.6) is 0 Å². The van der Waals surface area contributed by atoms with E-state index in [4.69, 9.17) is 9.47 Å². The van der Waals surface area contributed by atoms with Crippen LogP contribution in [0.4, 0.5) is 0 Å². The molecule has 1 aliphatic rings. The van der Waals surface area contributed by atoms with E-state index in [-0.39, 0.29) is 12.3 Å². The second-order valence-electron chi connectivity index (χ2n) is 6.76. The van der Waals surface area contributed by atoms with Gasteiger partial charge in [0.2, 0.25) is 0 Å². The average molecular weight is 362 g/mol. The highest BCUT2D eigenvalue weighted by Gasteiger charge is 2.43. The number of rotatable bonds is 5. The zero-order chi connectivity index (χ0) is 19.3. The molecule has 1 saturated carbocycles. The van der Waals surface area contributed by atoms with Crippen LogP contribution in [0.15, 0.2) is 12.1 Å². The minimum Gasteiger partial charge on any atom is -0.467 e. The van der Waals surface area contributed by atoms with Gasteiger partial charge in [-0.2, -0.15) is 0 Å². The van der Waals surface area contributed by atoms with E-state index < -0.39 is 23.4 Å².